The number of aliphatic imine (C=N–C) groups is 2. The second-order valence-corrected chi connectivity index (χ2v) is 6.78. The van der Waals surface area contributed by atoms with Crippen molar-refractivity contribution in [3.8, 4) is 11.3 Å². The molecular formula is C19H18F2N6O. The second-order valence-electron chi connectivity index (χ2n) is 6.78. The smallest absolute Gasteiger partial charge is 0.323 e. The quantitative estimate of drug-likeness (QED) is 0.833. The maximum absolute atomic E-state index is 14.0. The van der Waals surface area contributed by atoms with Gasteiger partial charge in [0.05, 0.1) is 17.4 Å². The fourth-order valence-corrected chi connectivity index (χ4v) is 3.34. The number of carbonyl (C=O) groups excluding carboxylic acids is 1. The van der Waals surface area contributed by atoms with Gasteiger partial charge >= 0.3 is 6.03 Å². The molecule has 28 heavy (non-hydrogen) atoms. The van der Waals surface area contributed by atoms with Crippen LogP contribution in [0.1, 0.15) is 6.92 Å². The summed E-state index contributed by atoms with van der Waals surface area (Å²) in [6, 6.07) is 5.87. The van der Waals surface area contributed by atoms with Gasteiger partial charge in [-0.05, 0) is 31.2 Å². The highest BCUT2D eigenvalue weighted by Crippen LogP contribution is 2.27. The van der Waals surface area contributed by atoms with Crippen LogP contribution in [0.2, 0.25) is 0 Å². The number of anilines is 2. The van der Waals surface area contributed by atoms with Crippen LogP contribution in [0.25, 0.3) is 11.3 Å². The summed E-state index contributed by atoms with van der Waals surface area (Å²) in [4.78, 5) is 27.2. The topological polar surface area (TPSA) is 96.0 Å². The Morgan fingerprint density at radius 1 is 1.25 bits per heavy atom. The Bertz CT molecular complexity index is 1010. The number of urea groups is 1. The van der Waals surface area contributed by atoms with E-state index in [1.165, 1.54) is 18.2 Å². The largest absolute Gasteiger partial charge is 0.396 e. The molecule has 0 radical (unpaired) electrons. The molecule has 1 saturated heterocycles. The number of likely N-dealkylation sites (tertiary alicyclic amines) is 1. The Labute approximate surface area is 160 Å². The minimum atomic E-state index is -0.745. The molecule has 7 nitrogen and oxygen atoms in total. The lowest BCUT2D eigenvalue weighted by molar-refractivity contribution is 0.221. The minimum Gasteiger partial charge on any atom is -0.396 e. The molecule has 1 fully saturated rings. The molecule has 2 aliphatic heterocycles. The number of nitrogens with one attached hydrogen (secondary N) is 1. The average Bonchev–Trinajstić information content (AvgIpc) is 3.07. The van der Waals surface area contributed by atoms with Crippen molar-refractivity contribution >= 4 is 29.6 Å². The van der Waals surface area contributed by atoms with Gasteiger partial charge in [-0.15, -0.1) is 0 Å². The number of fused-ring (bicyclic) bond motifs is 1. The lowest BCUT2D eigenvalue weighted by Gasteiger charge is -2.17. The van der Waals surface area contributed by atoms with Crippen molar-refractivity contribution in [1.29, 1.82) is 0 Å². The molecule has 2 atom stereocenters. The molecule has 2 unspecified atom stereocenters. The summed E-state index contributed by atoms with van der Waals surface area (Å²) in [5.41, 5.74) is 6.52. The highest BCUT2D eigenvalue weighted by atomic mass is 19.1. The van der Waals surface area contributed by atoms with E-state index < -0.39 is 11.6 Å². The zero-order valence-electron chi connectivity index (χ0n) is 15.1. The van der Waals surface area contributed by atoms with Crippen LogP contribution in [0, 0.1) is 17.6 Å². The zero-order valence-corrected chi connectivity index (χ0v) is 15.1. The molecule has 1 aromatic carbocycles. The van der Waals surface area contributed by atoms with Crippen molar-refractivity contribution in [2.24, 2.45) is 15.9 Å². The molecule has 144 valence electrons. The van der Waals surface area contributed by atoms with Crippen molar-refractivity contribution in [2.75, 3.05) is 24.1 Å². The number of amides is 2. The molecule has 4 rings (SSSR count). The summed E-state index contributed by atoms with van der Waals surface area (Å²) in [6.45, 7) is 2.77. The van der Waals surface area contributed by atoms with Crippen molar-refractivity contribution in [1.82, 2.24) is 9.88 Å². The van der Waals surface area contributed by atoms with E-state index in [0.29, 0.717) is 18.9 Å². The van der Waals surface area contributed by atoms with E-state index in [-0.39, 0.29) is 40.8 Å². The van der Waals surface area contributed by atoms with Crippen molar-refractivity contribution < 1.29 is 13.6 Å². The average molecular weight is 384 g/mol. The number of nitrogens with zero attached hydrogens (tertiary/aromatic N) is 4. The molecule has 0 saturated carbocycles. The van der Waals surface area contributed by atoms with Crippen molar-refractivity contribution in [2.45, 2.75) is 13.0 Å². The summed E-state index contributed by atoms with van der Waals surface area (Å²) < 4.78 is 27.2. The second kappa shape index (κ2) is 6.99. The van der Waals surface area contributed by atoms with Gasteiger partial charge in [-0.25, -0.2) is 23.6 Å². The number of carbonyl (C=O) groups is 1. The number of hydrogen-bond donors (Lipinski definition) is 2. The van der Waals surface area contributed by atoms with Crippen LogP contribution in [0.5, 0.6) is 0 Å². The van der Waals surface area contributed by atoms with Crippen LogP contribution in [-0.4, -0.2) is 47.1 Å². The van der Waals surface area contributed by atoms with E-state index in [9.17, 15) is 13.6 Å². The number of benzene rings is 1. The zero-order chi connectivity index (χ0) is 19.8. The third kappa shape index (κ3) is 3.42. The molecule has 3 N–H and O–H groups in total. The highest BCUT2D eigenvalue weighted by Gasteiger charge is 2.36. The predicted octanol–water partition coefficient (Wildman–Crippen LogP) is 2.94. The number of pyridine rings is 1. The summed E-state index contributed by atoms with van der Waals surface area (Å²) >= 11 is 0. The van der Waals surface area contributed by atoms with E-state index in [1.807, 2.05) is 13.1 Å². The van der Waals surface area contributed by atoms with Crippen LogP contribution in [0.15, 0.2) is 40.3 Å². The van der Waals surface area contributed by atoms with E-state index in [2.05, 4.69) is 20.3 Å². The van der Waals surface area contributed by atoms with Crippen molar-refractivity contribution in [3.05, 3.63) is 42.0 Å². The van der Waals surface area contributed by atoms with E-state index in [1.54, 1.807) is 4.90 Å². The molecule has 2 aromatic rings. The van der Waals surface area contributed by atoms with Crippen LogP contribution in [0.4, 0.5) is 25.1 Å². The third-order valence-corrected chi connectivity index (χ3v) is 4.78. The summed E-state index contributed by atoms with van der Waals surface area (Å²) in [7, 11) is 0. The minimum absolute atomic E-state index is 0.00629. The molecule has 0 bridgehead atoms. The monoisotopic (exact) mass is 384 g/mol. The fraction of sp³-hybridized carbons (Fsp3) is 0.263. The maximum atomic E-state index is 14.0. The molecule has 3 heterocycles. The molecule has 1 aromatic heterocycles. The molecule has 0 spiro atoms. The predicted molar refractivity (Wildman–Crippen MR) is 103 cm³/mol. The summed E-state index contributed by atoms with van der Waals surface area (Å²) in [5.74, 6) is -0.523. The van der Waals surface area contributed by atoms with Gasteiger partial charge < -0.3 is 10.6 Å². The number of hydrogen-bond acceptors (Lipinski definition) is 5. The van der Waals surface area contributed by atoms with Gasteiger partial charge in [-0.1, -0.05) is 0 Å². The van der Waals surface area contributed by atoms with E-state index >= 15 is 0 Å². The van der Waals surface area contributed by atoms with Gasteiger partial charge in [0.2, 0.25) is 0 Å². The Morgan fingerprint density at radius 3 is 2.86 bits per heavy atom. The molecule has 2 amide bonds. The van der Waals surface area contributed by atoms with Gasteiger partial charge in [0, 0.05) is 36.9 Å². The molecular weight excluding hydrogens is 366 g/mol. The van der Waals surface area contributed by atoms with Crippen LogP contribution < -0.4 is 11.1 Å². The first-order chi connectivity index (χ1) is 13.4. The summed E-state index contributed by atoms with van der Waals surface area (Å²) in [5, 5.41) is 2.68. The van der Waals surface area contributed by atoms with Crippen molar-refractivity contribution in [3.63, 3.8) is 0 Å². The Hall–Kier alpha value is -3.36. The van der Waals surface area contributed by atoms with E-state index in [0.717, 1.165) is 12.1 Å². The number of nitrogen functional groups attached to an aromatic ring is 1. The summed E-state index contributed by atoms with van der Waals surface area (Å²) in [6.07, 6.45) is 1.82. The lowest BCUT2D eigenvalue weighted by Crippen LogP contribution is -2.34. The normalized spacial score (nSPS) is 20.7. The standard InChI is InChI=1S/C19H18F2N6O/c1-10-23-7-11-8-27(9-17(11)24-10)19(28)26-18-15(22)4-5-16(25-18)13-3-2-12(20)6-14(13)21/h2-7,11,17H,8-9,22H2,1H3,(H,25,26,28). The Morgan fingerprint density at radius 2 is 2.07 bits per heavy atom. The number of rotatable bonds is 2. The first-order valence-electron chi connectivity index (χ1n) is 8.77. The Balaban J connectivity index is 1.53. The van der Waals surface area contributed by atoms with Gasteiger partial charge in [-0.2, -0.15) is 0 Å². The van der Waals surface area contributed by atoms with Gasteiger partial charge in [-0.3, -0.25) is 10.3 Å². The van der Waals surface area contributed by atoms with Gasteiger partial charge in [0.15, 0.2) is 5.82 Å². The third-order valence-electron chi connectivity index (χ3n) is 4.78. The van der Waals surface area contributed by atoms with Gasteiger partial charge in [0.25, 0.3) is 0 Å². The van der Waals surface area contributed by atoms with Gasteiger partial charge in [0.1, 0.15) is 17.5 Å². The number of aromatic nitrogens is 1. The van der Waals surface area contributed by atoms with Crippen LogP contribution in [0.3, 0.4) is 0 Å². The van der Waals surface area contributed by atoms with Crippen LogP contribution >= 0.6 is 0 Å². The molecule has 0 aliphatic carbocycles. The number of nitrogens with two attached hydrogens (primary N) is 1. The van der Waals surface area contributed by atoms with Crippen LogP contribution in [-0.2, 0) is 0 Å². The molecule has 2 aliphatic rings. The lowest BCUT2D eigenvalue weighted by atomic mass is 10.1. The highest BCUT2D eigenvalue weighted by molar-refractivity contribution is 5.94. The first kappa shape index (κ1) is 18.0. The van der Waals surface area contributed by atoms with E-state index in [4.69, 9.17) is 5.73 Å². The first-order valence-corrected chi connectivity index (χ1v) is 8.77. The fourth-order valence-electron chi connectivity index (χ4n) is 3.34. The number of halogens is 2. The maximum Gasteiger partial charge on any atom is 0.323 e. The number of amidine groups is 1. The molecule has 9 heteroatoms. The SMILES string of the molecule is CC1=NC2CN(C(=O)Nc3nc(-c4ccc(F)cc4F)ccc3N)CC2C=N1. The Kier molecular flexibility index (Phi) is 4.50.